The minimum atomic E-state index is 0.0229. The number of piperidine rings is 1. The zero-order valence-electron chi connectivity index (χ0n) is 18.4. The van der Waals surface area contributed by atoms with Crippen molar-refractivity contribution in [3.05, 3.63) is 35.4 Å². The summed E-state index contributed by atoms with van der Waals surface area (Å²) in [6.45, 7) is 6.91. The highest BCUT2D eigenvalue weighted by Gasteiger charge is 2.24. The van der Waals surface area contributed by atoms with Crippen LogP contribution in [0.25, 0.3) is 0 Å². The molecule has 1 aromatic carbocycles. The Kier molecular flexibility index (Phi) is 7.53. The Hall–Kier alpha value is -2.08. The van der Waals surface area contributed by atoms with Crippen molar-refractivity contribution < 1.29 is 4.79 Å². The first-order valence-corrected chi connectivity index (χ1v) is 11.0. The van der Waals surface area contributed by atoms with Gasteiger partial charge in [0, 0.05) is 45.3 Å². The summed E-state index contributed by atoms with van der Waals surface area (Å²) >= 11 is 0. The summed E-state index contributed by atoms with van der Waals surface area (Å²) in [4.78, 5) is 20.8. The molecule has 6 nitrogen and oxygen atoms in total. The molecule has 0 spiro atoms. The van der Waals surface area contributed by atoms with Gasteiger partial charge in [0.15, 0.2) is 5.96 Å². The van der Waals surface area contributed by atoms with Gasteiger partial charge < -0.3 is 20.4 Å². The summed E-state index contributed by atoms with van der Waals surface area (Å²) in [5.74, 6) is 0.808. The Morgan fingerprint density at radius 3 is 2.41 bits per heavy atom. The molecule has 0 radical (unpaired) electrons. The van der Waals surface area contributed by atoms with Crippen molar-refractivity contribution >= 4 is 11.9 Å². The molecular weight excluding hydrogens is 362 g/mol. The van der Waals surface area contributed by atoms with Gasteiger partial charge in [-0.25, -0.2) is 4.99 Å². The van der Waals surface area contributed by atoms with Crippen molar-refractivity contribution in [2.24, 2.45) is 4.99 Å². The van der Waals surface area contributed by atoms with Crippen LogP contribution in [-0.2, 0) is 17.6 Å². The summed E-state index contributed by atoms with van der Waals surface area (Å²) in [6.07, 6.45) is 5.39. The van der Waals surface area contributed by atoms with Crippen LogP contribution in [0.15, 0.2) is 29.3 Å². The fourth-order valence-corrected chi connectivity index (χ4v) is 4.19. The van der Waals surface area contributed by atoms with Crippen LogP contribution in [0, 0.1) is 0 Å². The minimum Gasteiger partial charge on any atom is -0.354 e. The summed E-state index contributed by atoms with van der Waals surface area (Å²) in [5.41, 5.74) is 2.88. The van der Waals surface area contributed by atoms with E-state index in [4.69, 9.17) is 0 Å². The molecule has 0 bridgehead atoms. The predicted molar refractivity (Wildman–Crippen MR) is 119 cm³/mol. The van der Waals surface area contributed by atoms with E-state index >= 15 is 0 Å². The van der Waals surface area contributed by atoms with Crippen LogP contribution in [0.1, 0.15) is 44.2 Å². The number of aryl methyl sites for hydroxylation is 1. The van der Waals surface area contributed by atoms with E-state index < -0.39 is 0 Å². The molecule has 1 aromatic rings. The maximum Gasteiger partial charge on any atom is 0.243 e. The molecule has 1 fully saturated rings. The molecule has 1 aliphatic heterocycles. The Bertz CT molecular complexity index is 707. The molecule has 2 N–H and O–H groups in total. The normalized spacial score (nSPS) is 21.0. The zero-order chi connectivity index (χ0) is 20.8. The number of nitrogens with one attached hydrogen (secondary N) is 2. The highest BCUT2D eigenvalue weighted by atomic mass is 16.2. The molecule has 1 atom stereocenters. The van der Waals surface area contributed by atoms with E-state index in [0.29, 0.717) is 18.1 Å². The van der Waals surface area contributed by atoms with E-state index in [1.54, 1.807) is 19.0 Å². The molecule has 0 aromatic heterocycles. The zero-order valence-corrected chi connectivity index (χ0v) is 18.4. The van der Waals surface area contributed by atoms with Crippen molar-refractivity contribution in [1.29, 1.82) is 0 Å². The van der Waals surface area contributed by atoms with Gasteiger partial charge in [-0.05, 0) is 57.1 Å². The number of hydrogen-bond acceptors (Lipinski definition) is 3. The first kappa shape index (κ1) is 21.6. The number of carbonyl (C=O) groups is 1. The van der Waals surface area contributed by atoms with Gasteiger partial charge in [0.1, 0.15) is 6.54 Å². The van der Waals surface area contributed by atoms with Gasteiger partial charge in [0.05, 0.1) is 0 Å². The minimum absolute atomic E-state index is 0.0229. The van der Waals surface area contributed by atoms with E-state index in [2.05, 4.69) is 58.6 Å². The highest BCUT2D eigenvalue weighted by Crippen LogP contribution is 2.21. The van der Waals surface area contributed by atoms with Crippen molar-refractivity contribution in [1.82, 2.24) is 20.4 Å². The van der Waals surface area contributed by atoms with Gasteiger partial charge in [0.2, 0.25) is 5.91 Å². The highest BCUT2D eigenvalue weighted by molar-refractivity contribution is 5.85. The lowest BCUT2D eigenvalue weighted by molar-refractivity contribution is -0.127. The average molecular weight is 400 g/mol. The number of fused-ring (bicyclic) bond motifs is 1. The molecule has 160 valence electrons. The summed E-state index contributed by atoms with van der Waals surface area (Å²) in [7, 11) is 3.55. The molecule has 1 amide bonds. The number of nitrogens with zero attached hydrogens (tertiary/aromatic N) is 3. The van der Waals surface area contributed by atoms with Crippen LogP contribution in [0.4, 0.5) is 0 Å². The lowest BCUT2D eigenvalue weighted by Gasteiger charge is -2.36. The monoisotopic (exact) mass is 399 g/mol. The van der Waals surface area contributed by atoms with Crippen LogP contribution >= 0.6 is 0 Å². The van der Waals surface area contributed by atoms with E-state index in [1.165, 1.54) is 11.1 Å². The molecule has 29 heavy (non-hydrogen) atoms. The first-order chi connectivity index (χ1) is 13.9. The maximum atomic E-state index is 12.1. The molecule has 1 saturated heterocycles. The fraction of sp³-hybridized carbons (Fsp3) is 0.652. The van der Waals surface area contributed by atoms with Crippen molar-refractivity contribution in [2.75, 3.05) is 33.7 Å². The van der Waals surface area contributed by atoms with Gasteiger partial charge in [-0.1, -0.05) is 24.3 Å². The van der Waals surface area contributed by atoms with E-state index in [-0.39, 0.29) is 12.5 Å². The van der Waals surface area contributed by atoms with Crippen molar-refractivity contribution in [2.45, 2.75) is 64.1 Å². The Morgan fingerprint density at radius 1 is 1.10 bits per heavy atom. The third kappa shape index (κ3) is 6.20. The maximum absolute atomic E-state index is 12.1. The summed E-state index contributed by atoms with van der Waals surface area (Å²) < 4.78 is 0. The summed E-state index contributed by atoms with van der Waals surface area (Å²) in [5, 5.41) is 7.25. The standard InChI is InChI=1S/C23H37N5O/c1-17(2)28-13-11-20(12-14-28)25-23(24-16-22(29)27(3)4)26-21-10-9-18-7-5-6-8-19(18)15-21/h5-8,17,20-21H,9-16H2,1-4H3,(H2,24,25,26). The van der Waals surface area contributed by atoms with E-state index in [9.17, 15) is 4.79 Å². The molecular formula is C23H37N5O. The predicted octanol–water partition coefficient (Wildman–Crippen LogP) is 2.04. The van der Waals surface area contributed by atoms with Crippen LogP contribution < -0.4 is 10.6 Å². The van der Waals surface area contributed by atoms with Crippen LogP contribution in [-0.4, -0.2) is 73.5 Å². The number of guanidine groups is 1. The number of amides is 1. The fourth-order valence-electron chi connectivity index (χ4n) is 4.19. The van der Waals surface area contributed by atoms with Crippen molar-refractivity contribution in [3.8, 4) is 0 Å². The smallest absolute Gasteiger partial charge is 0.243 e. The van der Waals surface area contributed by atoms with Crippen LogP contribution in [0.3, 0.4) is 0 Å². The van der Waals surface area contributed by atoms with Gasteiger partial charge in [-0.2, -0.15) is 0 Å². The SMILES string of the molecule is CC(C)N1CCC(NC(=NCC(=O)N(C)C)NC2CCc3ccccc3C2)CC1. The lowest BCUT2D eigenvalue weighted by Crippen LogP contribution is -2.52. The molecule has 3 rings (SSSR count). The number of carbonyl (C=O) groups excluding carboxylic acids is 1. The largest absolute Gasteiger partial charge is 0.354 e. The number of benzene rings is 1. The molecule has 6 heteroatoms. The molecule has 1 aliphatic carbocycles. The number of likely N-dealkylation sites (tertiary alicyclic amines) is 1. The number of hydrogen-bond donors (Lipinski definition) is 2. The third-order valence-corrected chi connectivity index (χ3v) is 6.16. The Morgan fingerprint density at radius 2 is 1.76 bits per heavy atom. The van der Waals surface area contributed by atoms with Crippen molar-refractivity contribution in [3.63, 3.8) is 0 Å². The first-order valence-electron chi connectivity index (χ1n) is 11.0. The second kappa shape index (κ2) is 10.1. The van der Waals surface area contributed by atoms with Crippen LogP contribution in [0.2, 0.25) is 0 Å². The number of rotatable bonds is 5. The van der Waals surface area contributed by atoms with E-state index in [1.807, 2.05) is 0 Å². The van der Waals surface area contributed by atoms with E-state index in [0.717, 1.165) is 51.2 Å². The quantitative estimate of drug-likeness (QED) is 0.588. The second-order valence-electron chi connectivity index (χ2n) is 8.85. The van der Waals surface area contributed by atoms with Gasteiger partial charge in [0.25, 0.3) is 0 Å². The molecule has 0 saturated carbocycles. The number of likely N-dealkylation sites (N-methyl/N-ethyl adjacent to an activating group) is 1. The summed E-state index contributed by atoms with van der Waals surface area (Å²) in [6, 6.07) is 10.1. The molecule has 2 aliphatic rings. The Labute approximate surface area is 175 Å². The second-order valence-corrected chi connectivity index (χ2v) is 8.85. The number of aliphatic imine (C=N–C) groups is 1. The molecule has 1 unspecified atom stereocenters. The Balaban J connectivity index is 1.62. The average Bonchev–Trinajstić information content (AvgIpc) is 2.72. The third-order valence-electron chi connectivity index (χ3n) is 6.16. The van der Waals surface area contributed by atoms with Gasteiger partial charge in [-0.3, -0.25) is 4.79 Å². The lowest BCUT2D eigenvalue weighted by atomic mass is 9.88. The van der Waals surface area contributed by atoms with Gasteiger partial charge >= 0.3 is 0 Å². The van der Waals surface area contributed by atoms with Gasteiger partial charge in [-0.15, -0.1) is 0 Å². The van der Waals surface area contributed by atoms with Crippen LogP contribution in [0.5, 0.6) is 0 Å². The topological polar surface area (TPSA) is 60.0 Å². The molecule has 1 heterocycles.